The Morgan fingerprint density at radius 3 is 2.79 bits per heavy atom. The van der Waals surface area contributed by atoms with Gasteiger partial charge in [0.1, 0.15) is 5.82 Å². The van der Waals surface area contributed by atoms with Crippen molar-refractivity contribution in [2.24, 2.45) is 5.92 Å². The van der Waals surface area contributed by atoms with Crippen LogP contribution in [0.2, 0.25) is 0 Å². The summed E-state index contributed by atoms with van der Waals surface area (Å²) < 4.78 is 26.8. The van der Waals surface area contributed by atoms with E-state index in [0.29, 0.717) is 41.2 Å². The van der Waals surface area contributed by atoms with Crippen molar-refractivity contribution in [3.05, 3.63) is 48.2 Å². The summed E-state index contributed by atoms with van der Waals surface area (Å²) in [6.07, 6.45) is 9.81. The van der Waals surface area contributed by atoms with Crippen LogP contribution >= 0.6 is 0 Å². The fourth-order valence-corrected chi connectivity index (χ4v) is 5.01. The molecule has 1 fully saturated rings. The molecule has 2 aromatic rings. The van der Waals surface area contributed by atoms with Crippen molar-refractivity contribution in [2.45, 2.75) is 25.7 Å². The van der Waals surface area contributed by atoms with Crippen molar-refractivity contribution in [1.29, 1.82) is 0 Å². The Labute approximate surface area is 199 Å². The molecule has 0 unspecified atom stereocenters. The maximum Gasteiger partial charge on any atom is 0.258 e. The Hall–Kier alpha value is -3.18. The number of carbonyl (C=O) groups excluding carboxylic acids is 1. The van der Waals surface area contributed by atoms with Gasteiger partial charge in [0.2, 0.25) is 16.0 Å². The zero-order chi connectivity index (χ0) is 24.0. The lowest BCUT2D eigenvalue weighted by Gasteiger charge is -2.34. The predicted octanol–water partition coefficient (Wildman–Crippen LogP) is 2.44. The molecule has 1 aromatic carbocycles. The SMILES string of the molecule is O=C1Nc2ccnc(n2)NCC/C=C\CC2CCN(CC2)c2cc(NS(=O)(=O)CCO)ccc21. The number of anilines is 4. The number of aromatic nitrogens is 2. The third kappa shape index (κ3) is 6.23. The van der Waals surface area contributed by atoms with Crippen LogP contribution in [0.4, 0.5) is 23.1 Å². The molecule has 3 aliphatic rings. The van der Waals surface area contributed by atoms with Crippen molar-refractivity contribution < 1.29 is 18.3 Å². The normalized spacial score (nSPS) is 18.4. The molecule has 11 heteroatoms. The summed E-state index contributed by atoms with van der Waals surface area (Å²) in [5.41, 5.74) is 1.44. The monoisotopic (exact) mass is 486 g/mol. The van der Waals surface area contributed by atoms with E-state index in [1.165, 1.54) is 0 Å². The van der Waals surface area contributed by atoms with Gasteiger partial charge in [0, 0.05) is 25.8 Å². The quantitative estimate of drug-likeness (QED) is 0.484. The van der Waals surface area contributed by atoms with Gasteiger partial charge in [-0.25, -0.2) is 13.4 Å². The van der Waals surface area contributed by atoms with Gasteiger partial charge in [-0.3, -0.25) is 9.52 Å². The molecular weight excluding hydrogens is 456 g/mol. The fraction of sp³-hybridized carbons (Fsp3) is 0.435. The number of aliphatic hydroxyl groups excluding tert-OH is 1. The number of nitrogens with zero attached hydrogens (tertiary/aromatic N) is 3. The van der Waals surface area contributed by atoms with Gasteiger partial charge in [0.05, 0.1) is 29.3 Å². The summed E-state index contributed by atoms with van der Waals surface area (Å²) in [6, 6.07) is 6.48. The molecule has 0 atom stereocenters. The van der Waals surface area contributed by atoms with Crippen LogP contribution in [0.15, 0.2) is 42.6 Å². The van der Waals surface area contributed by atoms with Gasteiger partial charge in [-0.05, 0) is 55.9 Å². The molecule has 4 heterocycles. The topological polar surface area (TPSA) is 137 Å². The molecule has 1 amide bonds. The Morgan fingerprint density at radius 2 is 2.00 bits per heavy atom. The van der Waals surface area contributed by atoms with E-state index in [-0.39, 0.29) is 5.91 Å². The Kier molecular flexibility index (Phi) is 7.63. The lowest BCUT2D eigenvalue weighted by molar-refractivity contribution is 0.102. The summed E-state index contributed by atoms with van der Waals surface area (Å²) in [5, 5.41) is 15.0. The third-order valence-corrected chi connectivity index (χ3v) is 7.23. The van der Waals surface area contributed by atoms with Crippen LogP contribution in [0.5, 0.6) is 0 Å². The average molecular weight is 487 g/mol. The molecule has 5 rings (SSSR count). The molecule has 0 saturated carbocycles. The molecule has 0 radical (unpaired) electrons. The number of hydrogen-bond donors (Lipinski definition) is 4. The number of piperidine rings is 1. The van der Waals surface area contributed by atoms with Crippen molar-refractivity contribution in [3.8, 4) is 0 Å². The van der Waals surface area contributed by atoms with E-state index in [1.807, 2.05) is 0 Å². The number of fused-ring (bicyclic) bond motifs is 7. The van der Waals surface area contributed by atoms with E-state index >= 15 is 0 Å². The van der Waals surface area contributed by atoms with E-state index < -0.39 is 22.4 Å². The average Bonchev–Trinajstić information content (AvgIpc) is 2.81. The number of aliphatic hydroxyl groups is 1. The maximum atomic E-state index is 13.2. The Morgan fingerprint density at radius 1 is 1.18 bits per heavy atom. The molecule has 4 N–H and O–H groups in total. The van der Waals surface area contributed by atoms with Crippen LogP contribution in [0.1, 0.15) is 36.0 Å². The zero-order valence-electron chi connectivity index (χ0n) is 18.9. The lowest BCUT2D eigenvalue weighted by Crippen LogP contribution is -2.35. The molecule has 1 saturated heterocycles. The predicted molar refractivity (Wildman–Crippen MR) is 133 cm³/mol. The number of benzene rings is 1. The van der Waals surface area contributed by atoms with Gasteiger partial charge in [0.25, 0.3) is 5.91 Å². The zero-order valence-corrected chi connectivity index (χ0v) is 19.7. The van der Waals surface area contributed by atoms with E-state index in [0.717, 1.165) is 38.8 Å². The van der Waals surface area contributed by atoms with Crippen LogP contribution in [-0.4, -0.2) is 61.4 Å². The van der Waals surface area contributed by atoms with E-state index in [4.69, 9.17) is 5.11 Å². The van der Waals surface area contributed by atoms with E-state index in [2.05, 4.69) is 42.4 Å². The molecule has 3 aliphatic heterocycles. The van der Waals surface area contributed by atoms with Crippen molar-refractivity contribution in [2.75, 3.05) is 52.2 Å². The summed E-state index contributed by atoms with van der Waals surface area (Å²) in [5.74, 6) is 0.650. The fourth-order valence-electron chi connectivity index (χ4n) is 4.18. The van der Waals surface area contributed by atoms with Crippen LogP contribution in [0, 0.1) is 5.92 Å². The van der Waals surface area contributed by atoms with Gasteiger partial charge in [-0.1, -0.05) is 12.2 Å². The first-order chi connectivity index (χ1) is 16.4. The molecule has 4 bridgehead atoms. The highest BCUT2D eigenvalue weighted by Gasteiger charge is 2.24. The van der Waals surface area contributed by atoms with Gasteiger partial charge < -0.3 is 20.6 Å². The number of carbonyl (C=O) groups is 1. The van der Waals surface area contributed by atoms with Crippen molar-refractivity contribution >= 4 is 39.1 Å². The summed E-state index contributed by atoms with van der Waals surface area (Å²) >= 11 is 0. The first kappa shape index (κ1) is 24.0. The number of rotatable bonds is 4. The van der Waals surface area contributed by atoms with Crippen LogP contribution in [0.3, 0.4) is 0 Å². The van der Waals surface area contributed by atoms with Crippen LogP contribution < -0.4 is 20.3 Å². The van der Waals surface area contributed by atoms with Crippen LogP contribution in [-0.2, 0) is 10.0 Å². The second kappa shape index (κ2) is 10.8. The number of allylic oxidation sites excluding steroid dienone is 1. The number of amides is 1. The Balaban J connectivity index is 1.67. The first-order valence-electron chi connectivity index (χ1n) is 11.5. The lowest BCUT2D eigenvalue weighted by atomic mass is 9.92. The number of sulfonamides is 1. The molecule has 1 aromatic heterocycles. The number of hydrogen-bond acceptors (Lipinski definition) is 8. The standard InChI is InChI=1S/C23H30N6O4S/c30-14-15-34(32,33)28-18-5-6-19-20(16-18)29-12-8-17(9-13-29)4-2-1-3-10-24-23-25-11-7-21(27-23)26-22(19)31/h1-2,5-7,11,16-17,28,30H,3-4,8-10,12-15H2,(H2,24,25,26,27,31)/b2-1-. The largest absolute Gasteiger partial charge is 0.395 e. The van der Waals surface area contributed by atoms with Gasteiger partial charge in [-0.2, -0.15) is 4.98 Å². The molecule has 34 heavy (non-hydrogen) atoms. The maximum absolute atomic E-state index is 13.2. The summed E-state index contributed by atoms with van der Waals surface area (Å²) in [6.45, 7) is 1.76. The van der Waals surface area contributed by atoms with Crippen molar-refractivity contribution in [1.82, 2.24) is 9.97 Å². The van der Waals surface area contributed by atoms with Gasteiger partial charge in [-0.15, -0.1) is 0 Å². The van der Waals surface area contributed by atoms with Gasteiger partial charge >= 0.3 is 0 Å². The summed E-state index contributed by atoms with van der Waals surface area (Å²) in [7, 11) is -3.69. The Bertz CT molecular complexity index is 1150. The van der Waals surface area contributed by atoms with E-state index in [9.17, 15) is 13.2 Å². The van der Waals surface area contributed by atoms with E-state index in [1.54, 1.807) is 30.5 Å². The minimum absolute atomic E-state index is 0.336. The minimum Gasteiger partial charge on any atom is -0.395 e. The number of nitrogens with one attached hydrogen (secondary N) is 3. The second-order valence-electron chi connectivity index (χ2n) is 8.45. The molecule has 0 spiro atoms. The highest BCUT2D eigenvalue weighted by Crippen LogP contribution is 2.31. The molecule has 0 aliphatic carbocycles. The first-order valence-corrected chi connectivity index (χ1v) is 13.1. The van der Waals surface area contributed by atoms with Crippen molar-refractivity contribution in [3.63, 3.8) is 0 Å². The second-order valence-corrected chi connectivity index (χ2v) is 10.3. The van der Waals surface area contributed by atoms with Gasteiger partial charge in [0.15, 0.2) is 0 Å². The minimum atomic E-state index is -3.69. The van der Waals surface area contributed by atoms with Crippen LogP contribution in [0.25, 0.3) is 0 Å². The summed E-state index contributed by atoms with van der Waals surface area (Å²) in [4.78, 5) is 23.9. The molecule has 10 nitrogen and oxygen atoms in total. The molecule has 182 valence electrons. The highest BCUT2D eigenvalue weighted by molar-refractivity contribution is 7.92. The third-order valence-electron chi connectivity index (χ3n) is 5.96. The highest BCUT2D eigenvalue weighted by atomic mass is 32.2. The molecular formula is C23H30N6O4S. The smallest absolute Gasteiger partial charge is 0.258 e.